The molecule has 0 amide bonds. The van der Waals surface area contributed by atoms with Crippen LogP contribution in [0.1, 0.15) is 5.56 Å². The van der Waals surface area contributed by atoms with Gasteiger partial charge in [-0.15, -0.1) is 70.0 Å². The van der Waals surface area contributed by atoms with Gasteiger partial charge in [-0.3, -0.25) is 0 Å². The Kier molecular flexibility index (Phi) is 10.1. The van der Waals surface area contributed by atoms with Crippen molar-refractivity contribution in [3.8, 4) is 0 Å². The summed E-state index contributed by atoms with van der Waals surface area (Å²) in [7, 11) is 0.759. The summed E-state index contributed by atoms with van der Waals surface area (Å²) in [5.74, 6) is 0. The maximum atomic E-state index is 2.31. The molecule has 0 aliphatic heterocycles. The molecule has 0 aliphatic carbocycles. The largest absolute Gasteiger partial charge is 4.00 e. The zero-order valence-electron chi connectivity index (χ0n) is 16.1. The normalized spacial score (nSPS) is 9.97. The van der Waals surface area contributed by atoms with Crippen molar-refractivity contribution in [2.45, 2.75) is 6.92 Å². The van der Waals surface area contributed by atoms with Crippen LogP contribution in [0.5, 0.6) is 0 Å². The first kappa shape index (κ1) is 24.9. The zero-order chi connectivity index (χ0) is 17.8. The number of aryl methyl sites for hydroxylation is 1. The van der Waals surface area contributed by atoms with E-state index in [0.29, 0.717) is 0 Å². The molecule has 0 nitrogen and oxygen atoms in total. The van der Waals surface area contributed by atoms with Gasteiger partial charge in [0.05, 0.1) is 0 Å². The van der Waals surface area contributed by atoms with E-state index in [1.54, 1.807) is 0 Å². The van der Waals surface area contributed by atoms with Gasteiger partial charge < -0.3 is 9.41 Å². The Morgan fingerprint density at radius 3 is 2.00 bits per heavy atom. The van der Waals surface area contributed by atoms with Crippen molar-refractivity contribution in [2.75, 3.05) is 0 Å². The van der Waals surface area contributed by atoms with Crippen molar-refractivity contribution in [2.24, 2.45) is 0 Å². The second-order valence-corrected chi connectivity index (χ2v) is 7.83. The number of hydrogen-bond acceptors (Lipinski definition) is 0. The second-order valence-electron chi connectivity index (χ2n) is 6.47. The Morgan fingerprint density at radius 1 is 0.690 bits per heavy atom. The quantitative estimate of drug-likeness (QED) is 0.208. The van der Waals surface area contributed by atoms with Gasteiger partial charge in [0.15, 0.2) is 0 Å². The summed E-state index contributed by atoms with van der Waals surface area (Å²) in [5.41, 5.74) is 1.39. The van der Waals surface area contributed by atoms with Gasteiger partial charge in [-0.05, 0) is 17.8 Å². The summed E-state index contributed by atoms with van der Waals surface area (Å²) < 4.78 is 0. The van der Waals surface area contributed by atoms with E-state index >= 15 is 0 Å². The van der Waals surface area contributed by atoms with Crippen molar-refractivity contribution < 1.29 is 31.1 Å². The van der Waals surface area contributed by atoms with E-state index < -0.39 is 0 Å². The molecule has 0 aromatic heterocycles. The van der Waals surface area contributed by atoms with Crippen molar-refractivity contribution in [1.82, 2.24) is 0 Å². The zero-order valence-corrected chi connectivity index (χ0v) is 18.6. The maximum Gasteiger partial charge on any atom is 4.00 e. The summed E-state index contributed by atoms with van der Waals surface area (Å²) in [6, 6.07) is 36.5. The predicted octanol–water partition coefficient (Wildman–Crippen LogP) is 0.0606. The monoisotopic (exact) mass is 438 g/mol. The first-order valence-electron chi connectivity index (χ1n) is 8.88. The molecule has 0 heterocycles. The third kappa shape index (κ3) is 6.18. The summed E-state index contributed by atoms with van der Waals surface area (Å²) in [6.45, 7) is 2.19. The molecule has 5 rings (SSSR count). The summed E-state index contributed by atoms with van der Waals surface area (Å²) >= 11 is 0. The van der Waals surface area contributed by atoms with Crippen LogP contribution in [0.3, 0.4) is 0 Å². The second kappa shape index (κ2) is 11.8. The van der Waals surface area contributed by atoms with Crippen molar-refractivity contribution in [1.29, 1.82) is 0 Å². The molecule has 1 unspecified atom stereocenters. The fourth-order valence-electron chi connectivity index (χ4n) is 3.16. The molecule has 0 fully saturated rings. The van der Waals surface area contributed by atoms with Crippen molar-refractivity contribution in [3.63, 3.8) is 0 Å². The van der Waals surface area contributed by atoms with Crippen LogP contribution < -0.4 is 20.0 Å². The van der Waals surface area contributed by atoms with Crippen LogP contribution in [0.25, 0.3) is 21.5 Å². The molecular weight excluding hydrogens is 417 g/mol. The van der Waals surface area contributed by atoms with E-state index in [1.807, 2.05) is 0 Å². The Morgan fingerprint density at radius 2 is 1.31 bits per heavy atom. The predicted molar refractivity (Wildman–Crippen MR) is 118 cm³/mol. The molecule has 0 spiro atoms. The number of benzene rings is 3. The molecule has 29 heavy (non-hydrogen) atoms. The molecule has 0 N–H and O–H groups in total. The van der Waals surface area contributed by atoms with Gasteiger partial charge in [0.25, 0.3) is 0 Å². The molecule has 0 bridgehead atoms. The van der Waals surface area contributed by atoms with E-state index in [0.717, 1.165) is 8.58 Å². The van der Waals surface area contributed by atoms with Crippen LogP contribution in [0, 0.1) is 6.92 Å². The van der Waals surface area contributed by atoms with E-state index in [1.165, 1.54) is 37.7 Å². The molecule has 0 aliphatic rings. The number of fused-ring (bicyclic) bond motifs is 2. The number of hydrogen-bond donors (Lipinski definition) is 0. The standard InChI is InChI=1S/C16H14P.C9H7.2FH.Ti/c1-12-6-2-5-9-16(12)17-15-10-13-7-3-4-8-14(13)11-15;1-2-5-9-7-3-6-8(9)4-1;;;/h2-11,17H,1H3;1-7H;2*1H;/q2*-1;;;+4/p-2. The van der Waals surface area contributed by atoms with Crippen LogP contribution in [0.4, 0.5) is 0 Å². The SMILES string of the molecule is Cc1ccccc1Pc1cc2ccccc2[cH-]1.[F-].[F-].[Ti+4].c1ccc2[cH-]ccc2c1. The number of rotatable bonds is 2. The summed E-state index contributed by atoms with van der Waals surface area (Å²) in [6.07, 6.45) is 0. The van der Waals surface area contributed by atoms with Crippen LogP contribution in [-0.4, -0.2) is 0 Å². The molecule has 0 saturated heterocycles. The maximum absolute atomic E-state index is 2.31. The smallest absolute Gasteiger partial charge is 1.00 e. The molecular formula is C25H21F2PTi. The molecule has 5 aromatic carbocycles. The summed E-state index contributed by atoms with van der Waals surface area (Å²) in [5, 5.41) is 8.24. The van der Waals surface area contributed by atoms with E-state index in [9.17, 15) is 0 Å². The minimum Gasteiger partial charge on any atom is -1.00 e. The van der Waals surface area contributed by atoms with Crippen LogP contribution in [0.2, 0.25) is 0 Å². The van der Waals surface area contributed by atoms with Crippen molar-refractivity contribution in [3.05, 3.63) is 109 Å². The van der Waals surface area contributed by atoms with Crippen LogP contribution >= 0.6 is 8.58 Å². The Bertz CT molecular complexity index is 1080. The van der Waals surface area contributed by atoms with Gasteiger partial charge in [-0.2, -0.15) is 23.6 Å². The van der Waals surface area contributed by atoms with Gasteiger partial charge in [0, 0.05) is 0 Å². The van der Waals surface area contributed by atoms with Crippen molar-refractivity contribution >= 4 is 40.7 Å². The Balaban J connectivity index is 0.000000302. The molecule has 4 heteroatoms. The topological polar surface area (TPSA) is 0 Å². The Labute approximate surface area is 187 Å². The first-order valence-corrected chi connectivity index (χ1v) is 9.88. The number of halogens is 2. The molecule has 0 radical (unpaired) electrons. The molecule has 144 valence electrons. The van der Waals surface area contributed by atoms with Gasteiger partial charge in [0.1, 0.15) is 0 Å². The van der Waals surface area contributed by atoms with Gasteiger partial charge in [-0.25, -0.2) is 0 Å². The minimum atomic E-state index is 0. The van der Waals surface area contributed by atoms with E-state index in [4.69, 9.17) is 0 Å². The molecule has 0 saturated carbocycles. The summed E-state index contributed by atoms with van der Waals surface area (Å²) in [4.78, 5) is 0. The first-order chi connectivity index (χ1) is 12.8. The molecule has 1 atom stereocenters. The van der Waals surface area contributed by atoms with Gasteiger partial charge >= 0.3 is 21.7 Å². The minimum absolute atomic E-state index is 0. The third-order valence-electron chi connectivity index (χ3n) is 4.59. The van der Waals surface area contributed by atoms with Crippen LogP contribution in [0.15, 0.2) is 103 Å². The third-order valence-corrected chi connectivity index (χ3v) is 6.00. The Hall–Kier alpha value is -2.12. The molecule has 5 aromatic rings. The fourth-order valence-corrected chi connectivity index (χ4v) is 4.39. The van der Waals surface area contributed by atoms with Gasteiger partial charge in [-0.1, -0.05) is 45.0 Å². The average Bonchev–Trinajstić information content (AvgIpc) is 3.30. The van der Waals surface area contributed by atoms with Crippen LogP contribution in [-0.2, 0) is 21.7 Å². The average molecular weight is 438 g/mol. The fraction of sp³-hybridized carbons (Fsp3) is 0.0400. The van der Waals surface area contributed by atoms with E-state index in [-0.39, 0.29) is 31.1 Å². The van der Waals surface area contributed by atoms with Gasteiger partial charge in [0.2, 0.25) is 0 Å². The van der Waals surface area contributed by atoms with E-state index in [2.05, 4.69) is 110 Å².